The number of fused-ring (bicyclic) bond motifs is 3. The van der Waals surface area contributed by atoms with Crippen molar-refractivity contribution < 1.29 is 4.79 Å². The van der Waals surface area contributed by atoms with Gasteiger partial charge in [-0.3, -0.25) is 14.7 Å². The second-order valence-corrected chi connectivity index (χ2v) is 7.25. The first-order chi connectivity index (χ1) is 12.5. The van der Waals surface area contributed by atoms with E-state index in [1.54, 1.807) is 11.1 Å². The van der Waals surface area contributed by atoms with Gasteiger partial charge in [0.05, 0.1) is 17.9 Å². The average molecular weight is 409 g/mol. The fourth-order valence-electron chi connectivity index (χ4n) is 3.12. The lowest BCUT2D eigenvalue weighted by molar-refractivity contribution is -0.114. The Morgan fingerprint density at radius 3 is 2.65 bits per heavy atom. The first-order valence-corrected chi connectivity index (χ1v) is 9.04. The number of hydrogen-bond acceptors (Lipinski definition) is 4. The number of carbonyl (C=O) groups is 1. The molecule has 26 heavy (non-hydrogen) atoms. The van der Waals surface area contributed by atoms with Crippen LogP contribution in [0.1, 0.15) is 11.1 Å². The Morgan fingerprint density at radius 2 is 1.92 bits per heavy atom. The molecule has 1 amide bonds. The summed E-state index contributed by atoms with van der Waals surface area (Å²) >= 11 is 3.54. The number of anilines is 1. The molecule has 2 aliphatic rings. The number of carbonyl (C=O) groups excluding carboxylic acids is 1. The minimum absolute atomic E-state index is 0.123. The molecule has 0 fully saturated rings. The Morgan fingerprint density at radius 1 is 1.15 bits per heavy atom. The first-order valence-electron chi connectivity index (χ1n) is 8.24. The molecule has 0 saturated heterocycles. The number of aliphatic imine (C=N–C) groups is 2. The fraction of sp³-hybridized carbons (Fsp3) is 0.150. The van der Waals surface area contributed by atoms with Crippen LogP contribution in [0.3, 0.4) is 0 Å². The molecule has 2 aromatic carbocycles. The molecule has 130 valence electrons. The van der Waals surface area contributed by atoms with Crippen LogP contribution in [0, 0.1) is 0 Å². The van der Waals surface area contributed by atoms with Crippen molar-refractivity contribution >= 4 is 39.1 Å². The molecule has 0 aromatic heterocycles. The molecule has 6 heteroatoms. The van der Waals surface area contributed by atoms with Gasteiger partial charge in [-0.25, -0.2) is 4.99 Å². The first kappa shape index (κ1) is 16.7. The number of nitrogens with zero attached hydrogens (tertiary/aromatic N) is 4. The highest BCUT2D eigenvalue weighted by Gasteiger charge is 2.35. The Bertz CT molecular complexity index is 977. The van der Waals surface area contributed by atoms with Gasteiger partial charge in [-0.05, 0) is 18.2 Å². The smallest absolute Gasteiger partial charge is 0.284 e. The van der Waals surface area contributed by atoms with E-state index in [1.165, 1.54) is 0 Å². The summed E-state index contributed by atoms with van der Waals surface area (Å²) in [5, 5.41) is 0. The van der Waals surface area contributed by atoms with E-state index in [2.05, 4.69) is 20.9 Å². The Hall–Kier alpha value is -2.73. The van der Waals surface area contributed by atoms with Crippen LogP contribution in [-0.2, 0) is 4.79 Å². The van der Waals surface area contributed by atoms with Crippen molar-refractivity contribution in [2.75, 3.05) is 25.5 Å². The lowest BCUT2D eigenvalue weighted by atomic mass is 10.0. The summed E-state index contributed by atoms with van der Waals surface area (Å²) in [7, 11) is 3.75. The SMILES string of the molecule is CN(C)C=C1N=C2CN=C(c3ccccc3)c3cc(Br)ccc3N2C1=O. The normalized spacial score (nSPS) is 17.4. The van der Waals surface area contributed by atoms with E-state index in [1.807, 2.05) is 67.5 Å². The van der Waals surface area contributed by atoms with Crippen LogP contribution in [0.5, 0.6) is 0 Å². The lowest BCUT2D eigenvalue weighted by Crippen LogP contribution is -2.33. The monoisotopic (exact) mass is 408 g/mol. The van der Waals surface area contributed by atoms with E-state index in [0.29, 0.717) is 18.1 Å². The summed E-state index contributed by atoms with van der Waals surface area (Å²) in [5.74, 6) is 0.527. The molecule has 0 radical (unpaired) electrons. The quantitative estimate of drug-likeness (QED) is 0.714. The molecule has 0 bridgehead atoms. The average Bonchev–Trinajstić information content (AvgIpc) is 2.82. The van der Waals surface area contributed by atoms with Crippen molar-refractivity contribution in [2.45, 2.75) is 0 Å². The van der Waals surface area contributed by atoms with Crippen molar-refractivity contribution in [3.8, 4) is 0 Å². The summed E-state index contributed by atoms with van der Waals surface area (Å²) < 4.78 is 0.941. The minimum Gasteiger partial charge on any atom is -0.382 e. The van der Waals surface area contributed by atoms with Crippen LogP contribution < -0.4 is 4.90 Å². The highest BCUT2D eigenvalue weighted by atomic mass is 79.9. The maximum Gasteiger partial charge on any atom is 0.284 e. The molecule has 0 saturated carbocycles. The third-order valence-corrected chi connectivity index (χ3v) is 4.68. The molecular weight excluding hydrogens is 392 g/mol. The minimum atomic E-state index is -0.123. The molecule has 0 aliphatic carbocycles. The molecule has 2 aromatic rings. The van der Waals surface area contributed by atoms with Crippen molar-refractivity contribution in [3.63, 3.8) is 0 Å². The van der Waals surface area contributed by atoms with E-state index in [9.17, 15) is 4.79 Å². The van der Waals surface area contributed by atoms with Crippen molar-refractivity contribution in [3.05, 3.63) is 76.0 Å². The van der Waals surface area contributed by atoms with Crippen LogP contribution in [0.2, 0.25) is 0 Å². The molecule has 0 unspecified atom stereocenters. The summed E-state index contributed by atoms with van der Waals surface area (Å²) in [5.41, 5.74) is 4.03. The van der Waals surface area contributed by atoms with E-state index in [4.69, 9.17) is 4.99 Å². The third kappa shape index (κ3) is 2.86. The van der Waals surface area contributed by atoms with Crippen LogP contribution in [-0.4, -0.2) is 43.0 Å². The lowest BCUT2D eigenvalue weighted by Gasteiger charge is -2.19. The van der Waals surface area contributed by atoms with Gasteiger partial charge in [0.25, 0.3) is 5.91 Å². The topological polar surface area (TPSA) is 48.3 Å². The number of halogens is 1. The third-order valence-electron chi connectivity index (χ3n) is 4.19. The van der Waals surface area contributed by atoms with Gasteiger partial charge >= 0.3 is 0 Å². The second kappa shape index (κ2) is 6.53. The van der Waals surface area contributed by atoms with Gasteiger partial charge < -0.3 is 4.90 Å². The van der Waals surface area contributed by atoms with Crippen LogP contribution in [0.25, 0.3) is 0 Å². The molecule has 0 spiro atoms. The zero-order valence-corrected chi connectivity index (χ0v) is 16.1. The van der Waals surface area contributed by atoms with Gasteiger partial charge in [-0.15, -0.1) is 0 Å². The predicted octanol–water partition coefficient (Wildman–Crippen LogP) is 3.45. The summed E-state index contributed by atoms with van der Waals surface area (Å²) in [4.78, 5) is 25.8. The Labute approximate surface area is 160 Å². The van der Waals surface area contributed by atoms with E-state index >= 15 is 0 Å². The van der Waals surface area contributed by atoms with Gasteiger partial charge in [0, 0.05) is 35.9 Å². The molecule has 0 atom stereocenters. The fourth-order valence-corrected chi connectivity index (χ4v) is 3.48. The number of benzene rings is 2. The Kier molecular flexibility index (Phi) is 4.20. The molecular formula is C20H17BrN4O. The standard InChI is InChI=1S/C20H17BrN4O/c1-24(2)12-16-20(26)25-17-9-8-14(21)10-15(17)19(22-11-18(25)23-16)13-6-4-3-5-7-13/h3-10,12H,11H2,1-2H3. The van der Waals surface area contributed by atoms with E-state index in [-0.39, 0.29) is 5.91 Å². The molecule has 2 heterocycles. The second-order valence-electron chi connectivity index (χ2n) is 6.34. The zero-order valence-electron chi connectivity index (χ0n) is 14.5. The number of amides is 1. The summed E-state index contributed by atoms with van der Waals surface area (Å²) in [6, 6.07) is 15.9. The number of amidine groups is 1. The largest absolute Gasteiger partial charge is 0.382 e. The van der Waals surface area contributed by atoms with Gasteiger partial charge in [-0.1, -0.05) is 46.3 Å². The highest BCUT2D eigenvalue weighted by molar-refractivity contribution is 9.10. The highest BCUT2D eigenvalue weighted by Crippen LogP contribution is 2.33. The Balaban J connectivity index is 1.91. The van der Waals surface area contributed by atoms with E-state index < -0.39 is 0 Å². The van der Waals surface area contributed by atoms with Crippen LogP contribution in [0.15, 0.2) is 74.9 Å². The molecule has 0 N–H and O–H groups in total. The summed E-state index contributed by atoms with van der Waals surface area (Å²) in [6.45, 7) is 0.354. The maximum absolute atomic E-state index is 13.0. The molecule has 5 nitrogen and oxygen atoms in total. The predicted molar refractivity (Wildman–Crippen MR) is 108 cm³/mol. The van der Waals surface area contributed by atoms with Crippen molar-refractivity contribution in [1.29, 1.82) is 0 Å². The maximum atomic E-state index is 13.0. The zero-order chi connectivity index (χ0) is 18.3. The summed E-state index contributed by atoms with van der Waals surface area (Å²) in [6.07, 6.45) is 1.74. The van der Waals surface area contributed by atoms with Crippen molar-refractivity contribution in [2.24, 2.45) is 9.98 Å². The molecule has 2 aliphatic heterocycles. The van der Waals surface area contributed by atoms with Gasteiger partial charge in [0.1, 0.15) is 11.5 Å². The van der Waals surface area contributed by atoms with Gasteiger partial charge in [-0.2, -0.15) is 0 Å². The van der Waals surface area contributed by atoms with Crippen LogP contribution >= 0.6 is 15.9 Å². The number of rotatable bonds is 2. The molecule has 4 rings (SSSR count). The van der Waals surface area contributed by atoms with Gasteiger partial charge in [0.15, 0.2) is 0 Å². The van der Waals surface area contributed by atoms with E-state index in [0.717, 1.165) is 27.0 Å². The van der Waals surface area contributed by atoms with Gasteiger partial charge in [0.2, 0.25) is 0 Å². The number of hydrogen-bond donors (Lipinski definition) is 0. The van der Waals surface area contributed by atoms with Crippen molar-refractivity contribution in [1.82, 2.24) is 4.90 Å². The van der Waals surface area contributed by atoms with Crippen LogP contribution in [0.4, 0.5) is 5.69 Å².